The number of piperidine rings is 1. The van der Waals surface area contributed by atoms with Gasteiger partial charge in [-0.3, -0.25) is 4.79 Å². The van der Waals surface area contributed by atoms with Crippen molar-refractivity contribution < 1.29 is 19.0 Å². The summed E-state index contributed by atoms with van der Waals surface area (Å²) in [4.78, 5) is 22.8. The van der Waals surface area contributed by atoms with Gasteiger partial charge >= 0.3 is 0 Å². The van der Waals surface area contributed by atoms with Crippen molar-refractivity contribution in [1.82, 2.24) is 15.3 Å². The number of aromatic nitrogens is 2. The summed E-state index contributed by atoms with van der Waals surface area (Å²) in [6.45, 7) is 4.03. The zero-order valence-electron chi connectivity index (χ0n) is 19.4. The summed E-state index contributed by atoms with van der Waals surface area (Å²) in [6, 6.07) is 4.29. The van der Waals surface area contributed by atoms with E-state index in [1.54, 1.807) is 31.5 Å². The highest BCUT2D eigenvalue weighted by Crippen LogP contribution is 2.49. The number of amides is 1. The van der Waals surface area contributed by atoms with E-state index in [-0.39, 0.29) is 25.0 Å². The lowest BCUT2D eigenvalue weighted by atomic mass is 9.90. The average molecular weight is 491 g/mol. The van der Waals surface area contributed by atoms with Gasteiger partial charge in [-0.2, -0.15) is 0 Å². The molecule has 2 heterocycles. The molecule has 3 atom stereocenters. The summed E-state index contributed by atoms with van der Waals surface area (Å²) in [7, 11) is 0. The van der Waals surface area contributed by atoms with Crippen molar-refractivity contribution in [2.24, 2.45) is 17.8 Å². The summed E-state index contributed by atoms with van der Waals surface area (Å²) in [5.41, 5.74) is 0.313. The molecule has 1 aromatic carbocycles. The lowest BCUT2D eigenvalue weighted by Crippen LogP contribution is -2.36. The highest BCUT2D eigenvalue weighted by molar-refractivity contribution is 6.30. The van der Waals surface area contributed by atoms with Crippen molar-refractivity contribution in [3.63, 3.8) is 0 Å². The Morgan fingerprint density at radius 3 is 2.74 bits per heavy atom. The van der Waals surface area contributed by atoms with Crippen LogP contribution in [0.2, 0.25) is 5.02 Å². The van der Waals surface area contributed by atoms with E-state index in [1.165, 1.54) is 12.5 Å². The number of aliphatic hydroxyl groups excluding tert-OH is 1. The number of carbonyl (C=O) groups excluding carboxylic acids is 1. The molecule has 1 aromatic heterocycles. The Morgan fingerprint density at radius 2 is 2.06 bits per heavy atom. The van der Waals surface area contributed by atoms with E-state index < -0.39 is 5.82 Å². The van der Waals surface area contributed by atoms with E-state index in [0.29, 0.717) is 28.9 Å². The molecule has 1 amide bonds. The average Bonchev–Trinajstić information content (AvgIpc) is 3.61. The van der Waals surface area contributed by atoms with Crippen molar-refractivity contribution in [2.75, 3.05) is 31.2 Å². The van der Waals surface area contributed by atoms with Crippen LogP contribution < -0.4 is 15.0 Å². The van der Waals surface area contributed by atoms with Crippen molar-refractivity contribution in [1.29, 1.82) is 0 Å². The molecule has 2 N–H and O–H groups in total. The molecule has 34 heavy (non-hydrogen) atoms. The maximum atomic E-state index is 14.4. The maximum absolute atomic E-state index is 14.4. The number of ether oxygens (including phenoxy) is 1. The Labute approximate surface area is 204 Å². The largest absolute Gasteiger partial charge is 0.493 e. The summed E-state index contributed by atoms with van der Waals surface area (Å²) in [5, 5.41) is 12.2. The highest BCUT2D eigenvalue weighted by Gasteiger charge is 2.43. The van der Waals surface area contributed by atoms with Crippen LogP contribution in [0.25, 0.3) is 0 Å². The quantitative estimate of drug-likeness (QED) is 0.529. The molecule has 7 nitrogen and oxygen atoms in total. The molecule has 0 unspecified atom stereocenters. The fraction of sp³-hybridized carbons (Fsp3) is 0.560. The minimum atomic E-state index is -0.454. The van der Waals surface area contributed by atoms with Crippen molar-refractivity contribution in [2.45, 2.75) is 45.1 Å². The van der Waals surface area contributed by atoms with E-state index in [1.807, 2.05) is 0 Å². The number of hydrogen-bond acceptors (Lipinski definition) is 6. The van der Waals surface area contributed by atoms with E-state index in [9.17, 15) is 9.18 Å². The van der Waals surface area contributed by atoms with Gasteiger partial charge in [0.25, 0.3) is 0 Å². The fourth-order valence-corrected chi connectivity index (χ4v) is 4.91. The van der Waals surface area contributed by atoms with Crippen LogP contribution in [0.3, 0.4) is 0 Å². The van der Waals surface area contributed by atoms with Gasteiger partial charge in [0.05, 0.1) is 37.1 Å². The van der Waals surface area contributed by atoms with Crippen LogP contribution in [-0.4, -0.2) is 53.3 Å². The van der Waals surface area contributed by atoms with Gasteiger partial charge in [-0.05, 0) is 62.0 Å². The first-order valence-corrected chi connectivity index (χ1v) is 12.3. The van der Waals surface area contributed by atoms with E-state index >= 15 is 0 Å². The van der Waals surface area contributed by atoms with Gasteiger partial charge < -0.3 is 20.1 Å². The molecule has 0 radical (unpaired) electrons. The van der Waals surface area contributed by atoms with Crippen LogP contribution in [0.1, 0.15) is 38.2 Å². The van der Waals surface area contributed by atoms with Gasteiger partial charge in [0.1, 0.15) is 11.6 Å². The first-order chi connectivity index (χ1) is 16.4. The Morgan fingerprint density at radius 1 is 1.32 bits per heavy atom. The van der Waals surface area contributed by atoms with Crippen molar-refractivity contribution in [3.05, 3.63) is 47.0 Å². The number of benzene rings is 1. The second-order valence-electron chi connectivity index (χ2n) is 9.40. The summed E-state index contributed by atoms with van der Waals surface area (Å²) in [5.74, 6) is 2.61. The van der Waals surface area contributed by atoms with E-state index in [0.717, 1.165) is 50.1 Å². The molecule has 184 valence electrons. The third-order valence-electron chi connectivity index (χ3n) is 6.83. The Balaban J connectivity index is 1.16. The Hall–Kier alpha value is -2.45. The fourth-order valence-electron chi connectivity index (χ4n) is 4.81. The van der Waals surface area contributed by atoms with Gasteiger partial charge in [-0.15, -0.1) is 0 Å². The number of aliphatic hydroxyl groups is 1. The SMILES string of the molecule is C[C@H](CO)NC(=O)Cc1ccc(OCC[C@@H]2C[C@@H]2C2CCN(c3ncc(Cl)cn3)CC2)cc1F. The van der Waals surface area contributed by atoms with Crippen LogP contribution in [0.5, 0.6) is 5.75 Å². The molecule has 9 heteroatoms. The molecule has 2 aromatic rings. The number of rotatable bonds is 10. The second-order valence-corrected chi connectivity index (χ2v) is 9.84. The normalized spacial score (nSPS) is 21.2. The van der Waals surface area contributed by atoms with Crippen LogP contribution in [0, 0.1) is 23.6 Å². The predicted molar refractivity (Wildman–Crippen MR) is 128 cm³/mol. The van der Waals surface area contributed by atoms with Crippen molar-refractivity contribution in [3.8, 4) is 5.75 Å². The van der Waals surface area contributed by atoms with Gasteiger partial charge in [0, 0.05) is 25.2 Å². The number of hydrogen-bond donors (Lipinski definition) is 2. The lowest BCUT2D eigenvalue weighted by Gasteiger charge is -2.32. The molecule has 4 rings (SSSR count). The topological polar surface area (TPSA) is 87.6 Å². The standard InChI is InChI=1S/C25H32ClFN4O3/c1-16(15-32)30-24(33)11-19-2-3-21(12-23(19)27)34-9-6-18-10-22(18)17-4-7-31(8-5-17)25-28-13-20(26)14-29-25/h2-3,12-14,16-18,22,32H,4-11,15H2,1H3,(H,30,33)/t16-,18-,22-/m1/s1. The minimum absolute atomic E-state index is 0.0663. The van der Waals surface area contributed by atoms with Gasteiger partial charge in [-0.25, -0.2) is 14.4 Å². The molecule has 1 saturated heterocycles. The first kappa shape index (κ1) is 24.7. The first-order valence-electron chi connectivity index (χ1n) is 12.0. The molecule has 2 aliphatic rings. The maximum Gasteiger partial charge on any atom is 0.225 e. The number of nitrogens with one attached hydrogen (secondary N) is 1. The van der Waals surface area contributed by atoms with Crippen molar-refractivity contribution >= 4 is 23.5 Å². The molecular weight excluding hydrogens is 459 g/mol. The number of carbonyl (C=O) groups is 1. The predicted octanol–water partition coefficient (Wildman–Crippen LogP) is 3.63. The summed E-state index contributed by atoms with van der Waals surface area (Å²) >= 11 is 5.88. The van der Waals surface area contributed by atoms with E-state index in [4.69, 9.17) is 21.4 Å². The summed E-state index contributed by atoms with van der Waals surface area (Å²) in [6.07, 6.45) is 7.71. The van der Waals surface area contributed by atoms with Crippen LogP contribution in [0.15, 0.2) is 30.6 Å². The smallest absolute Gasteiger partial charge is 0.225 e. The number of nitrogens with zero attached hydrogens (tertiary/aromatic N) is 3. The van der Waals surface area contributed by atoms with Gasteiger partial charge in [0.15, 0.2) is 0 Å². The molecular formula is C25H32ClFN4O3. The number of halogens is 2. The van der Waals surface area contributed by atoms with Crippen LogP contribution in [0.4, 0.5) is 10.3 Å². The molecule has 1 saturated carbocycles. The lowest BCUT2D eigenvalue weighted by molar-refractivity contribution is -0.121. The van der Waals surface area contributed by atoms with E-state index in [2.05, 4.69) is 20.2 Å². The minimum Gasteiger partial charge on any atom is -0.493 e. The van der Waals surface area contributed by atoms with Crippen LogP contribution >= 0.6 is 11.6 Å². The third-order valence-corrected chi connectivity index (χ3v) is 7.02. The zero-order valence-corrected chi connectivity index (χ0v) is 20.2. The zero-order chi connectivity index (χ0) is 24.1. The van der Waals surface area contributed by atoms with Gasteiger partial charge in [-0.1, -0.05) is 17.7 Å². The third kappa shape index (κ3) is 6.57. The highest BCUT2D eigenvalue weighted by atomic mass is 35.5. The number of anilines is 1. The molecule has 1 aliphatic carbocycles. The monoisotopic (exact) mass is 490 g/mol. The Bertz CT molecular complexity index is 969. The Kier molecular flexibility index (Phi) is 8.21. The second kappa shape index (κ2) is 11.3. The molecule has 0 bridgehead atoms. The molecule has 0 spiro atoms. The molecule has 1 aliphatic heterocycles. The van der Waals surface area contributed by atoms with Crippen LogP contribution in [-0.2, 0) is 11.2 Å². The van der Waals surface area contributed by atoms with Gasteiger partial charge in [0.2, 0.25) is 11.9 Å². The summed E-state index contributed by atoms with van der Waals surface area (Å²) < 4.78 is 20.2. The molecule has 2 fully saturated rings.